The molecule has 0 bridgehead atoms. The van der Waals surface area contributed by atoms with Crippen LogP contribution in [-0.2, 0) is 11.2 Å². The number of aryl methyl sites for hydroxylation is 1. The van der Waals surface area contributed by atoms with Crippen molar-refractivity contribution in [3.63, 3.8) is 0 Å². The Morgan fingerprint density at radius 3 is 2.52 bits per heavy atom. The fraction of sp³-hybridized carbons (Fsp3) is 0.214. The van der Waals surface area contributed by atoms with Crippen molar-refractivity contribution in [2.45, 2.75) is 19.4 Å². The Morgan fingerprint density at radius 1 is 1.33 bits per heavy atom. The van der Waals surface area contributed by atoms with Crippen LogP contribution in [0.5, 0.6) is 5.75 Å². The number of rotatable bonds is 5. The Balaban J connectivity index is 2.09. The first kappa shape index (κ1) is 15.0. The molecule has 2 rings (SSSR count). The predicted molar refractivity (Wildman–Crippen MR) is 77.6 cm³/mol. The second-order valence-corrected chi connectivity index (χ2v) is 5.36. The molecule has 0 aliphatic heterocycles. The van der Waals surface area contributed by atoms with Gasteiger partial charge in [-0.25, -0.2) is 9.78 Å². The first-order valence-corrected chi connectivity index (χ1v) is 7.07. The number of amides is 1. The van der Waals surface area contributed by atoms with Crippen LogP contribution in [0.15, 0.2) is 29.8 Å². The maximum Gasteiger partial charge on any atom is 0.326 e. The molecule has 1 aromatic carbocycles. The Bertz CT molecular complexity index is 651. The SMILES string of the molecule is Cc1ncsc1C(=O)N[C@@H](Cc1ccc(O)cc1)C(=O)O. The second-order valence-electron chi connectivity index (χ2n) is 4.50. The zero-order chi connectivity index (χ0) is 15.4. The van der Waals surface area contributed by atoms with E-state index in [2.05, 4.69) is 10.3 Å². The second kappa shape index (κ2) is 6.36. The lowest BCUT2D eigenvalue weighted by Crippen LogP contribution is -2.42. The molecule has 21 heavy (non-hydrogen) atoms. The number of phenols is 1. The summed E-state index contributed by atoms with van der Waals surface area (Å²) in [5.41, 5.74) is 2.83. The summed E-state index contributed by atoms with van der Waals surface area (Å²) < 4.78 is 0. The molecule has 0 saturated heterocycles. The summed E-state index contributed by atoms with van der Waals surface area (Å²) in [5, 5.41) is 20.9. The summed E-state index contributed by atoms with van der Waals surface area (Å²) in [6.07, 6.45) is 0.138. The van der Waals surface area contributed by atoms with Crippen molar-refractivity contribution in [1.82, 2.24) is 10.3 Å². The lowest BCUT2D eigenvalue weighted by molar-refractivity contribution is -0.139. The number of thiazole rings is 1. The van der Waals surface area contributed by atoms with Gasteiger partial charge in [0.2, 0.25) is 0 Å². The minimum atomic E-state index is -1.11. The van der Waals surface area contributed by atoms with E-state index in [0.717, 1.165) is 0 Å². The van der Waals surface area contributed by atoms with Gasteiger partial charge in [0.1, 0.15) is 16.7 Å². The molecule has 0 aliphatic rings. The Kier molecular flexibility index (Phi) is 4.54. The van der Waals surface area contributed by atoms with E-state index in [-0.39, 0.29) is 12.2 Å². The van der Waals surface area contributed by atoms with Gasteiger partial charge in [0.15, 0.2) is 0 Å². The number of nitrogens with zero attached hydrogens (tertiary/aromatic N) is 1. The molecular formula is C14H14N2O4S. The number of phenolic OH excluding ortho intramolecular Hbond substituents is 1. The minimum absolute atomic E-state index is 0.106. The predicted octanol–water partition coefficient (Wildman–Crippen LogP) is 1.58. The summed E-state index contributed by atoms with van der Waals surface area (Å²) in [5.74, 6) is -1.45. The van der Waals surface area contributed by atoms with Crippen LogP contribution >= 0.6 is 11.3 Å². The van der Waals surface area contributed by atoms with E-state index in [4.69, 9.17) is 0 Å². The van der Waals surface area contributed by atoms with Gasteiger partial charge in [0.05, 0.1) is 11.2 Å². The number of carbonyl (C=O) groups excluding carboxylic acids is 1. The highest BCUT2D eigenvalue weighted by molar-refractivity contribution is 7.11. The minimum Gasteiger partial charge on any atom is -0.508 e. The van der Waals surface area contributed by atoms with Gasteiger partial charge in [-0.05, 0) is 24.6 Å². The van der Waals surface area contributed by atoms with Crippen LogP contribution in [0, 0.1) is 6.92 Å². The van der Waals surface area contributed by atoms with E-state index in [1.807, 2.05) is 0 Å². The lowest BCUT2D eigenvalue weighted by Gasteiger charge is -2.14. The summed E-state index contributed by atoms with van der Waals surface area (Å²) >= 11 is 1.17. The third-order valence-corrected chi connectivity index (χ3v) is 3.86. The molecule has 110 valence electrons. The van der Waals surface area contributed by atoms with Crippen molar-refractivity contribution < 1.29 is 19.8 Å². The van der Waals surface area contributed by atoms with Crippen molar-refractivity contribution in [2.75, 3.05) is 0 Å². The van der Waals surface area contributed by atoms with Gasteiger partial charge >= 0.3 is 5.97 Å². The maximum absolute atomic E-state index is 12.0. The highest BCUT2D eigenvalue weighted by atomic mass is 32.1. The van der Waals surface area contributed by atoms with E-state index in [0.29, 0.717) is 16.1 Å². The Hall–Kier alpha value is -2.41. The van der Waals surface area contributed by atoms with Gasteiger partial charge in [-0.2, -0.15) is 0 Å². The number of nitrogens with one attached hydrogen (secondary N) is 1. The molecule has 2 aromatic rings. The molecule has 0 unspecified atom stereocenters. The zero-order valence-electron chi connectivity index (χ0n) is 11.2. The summed E-state index contributed by atoms with van der Waals surface area (Å²) in [4.78, 5) is 27.7. The molecule has 1 heterocycles. The van der Waals surface area contributed by atoms with Gasteiger partial charge in [-0.15, -0.1) is 11.3 Å². The Morgan fingerprint density at radius 2 is 2.00 bits per heavy atom. The van der Waals surface area contributed by atoms with Crippen LogP contribution in [0.1, 0.15) is 20.9 Å². The number of aromatic nitrogens is 1. The number of benzene rings is 1. The number of carbonyl (C=O) groups is 2. The molecule has 7 heteroatoms. The van der Waals surface area contributed by atoms with Crippen LogP contribution in [0.2, 0.25) is 0 Å². The van der Waals surface area contributed by atoms with E-state index >= 15 is 0 Å². The molecule has 0 spiro atoms. The molecule has 1 amide bonds. The van der Waals surface area contributed by atoms with Crippen molar-refractivity contribution >= 4 is 23.2 Å². The molecule has 1 atom stereocenters. The van der Waals surface area contributed by atoms with Crippen LogP contribution < -0.4 is 5.32 Å². The van der Waals surface area contributed by atoms with Crippen molar-refractivity contribution in [2.24, 2.45) is 0 Å². The average Bonchev–Trinajstić information content (AvgIpc) is 2.86. The fourth-order valence-electron chi connectivity index (χ4n) is 1.81. The highest BCUT2D eigenvalue weighted by Crippen LogP contribution is 2.14. The van der Waals surface area contributed by atoms with Gasteiger partial charge in [0.25, 0.3) is 5.91 Å². The third kappa shape index (κ3) is 3.79. The fourth-order valence-corrected chi connectivity index (χ4v) is 2.52. The topological polar surface area (TPSA) is 99.5 Å². The highest BCUT2D eigenvalue weighted by Gasteiger charge is 2.22. The number of hydrogen-bond acceptors (Lipinski definition) is 5. The van der Waals surface area contributed by atoms with Crippen LogP contribution in [0.3, 0.4) is 0 Å². The van der Waals surface area contributed by atoms with Crippen LogP contribution in [-0.4, -0.2) is 33.1 Å². The lowest BCUT2D eigenvalue weighted by atomic mass is 10.1. The van der Waals surface area contributed by atoms with Gasteiger partial charge in [0, 0.05) is 6.42 Å². The number of hydrogen-bond donors (Lipinski definition) is 3. The largest absolute Gasteiger partial charge is 0.508 e. The Labute approximate surface area is 125 Å². The zero-order valence-corrected chi connectivity index (χ0v) is 12.1. The number of carboxylic acids is 1. The van der Waals surface area contributed by atoms with E-state index in [1.165, 1.54) is 23.5 Å². The standard InChI is InChI=1S/C14H14N2O4S/c1-8-12(21-7-15-8)13(18)16-11(14(19)20)6-9-2-4-10(17)5-3-9/h2-5,7,11,17H,6H2,1H3,(H,16,18)(H,19,20)/t11-/m0/s1. The van der Waals surface area contributed by atoms with Crippen molar-refractivity contribution in [3.05, 3.63) is 45.9 Å². The molecule has 0 saturated carbocycles. The molecule has 0 radical (unpaired) electrons. The summed E-state index contributed by atoms with van der Waals surface area (Å²) in [7, 11) is 0. The molecule has 6 nitrogen and oxygen atoms in total. The van der Waals surface area contributed by atoms with E-state index in [1.54, 1.807) is 24.6 Å². The van der Waals surface area contributed by atoms with Crippen LogP contribution in [0.25, 0.3) is 0 Å². The normalized spacial score (nSPS) is 11.9. The first-order chi connectivity index (χ1) is 9.97. The van der Waals surface area contributed by atoms with E-state index in [9.17, 15) is 19.8 Å². The number of aromatic hydroxyl groups is 1. The van der Waals surface area contributed by atoms with Crippen molar-refractivity contribution in [3.8, 4) is 5.75 Å². The number of aliphatic carboxylic acids is 1. The summed E-state index contributed by atoms with van der Waals surface area (Å²) in [6, 6.07) is 5.15. The van der Waals surface area contributed by atoms with Crippen molar-refractivity contribution in [1.29, 1.82) is 0 Å². The third-order valence-electron chi connectivity index (χ3n) is 2.93. The smallest absolute Gasteiger partial charge is 0.326 e. The monoisotopic (exact) mass is 306 g/mol. The summed E-state index contributed by atoms with van der Waals surface area (Å²) in [6.45, 7) is 1.70. The average molecular weight is 306 g/mol. The van der Waals surface area contributed by atoms with Gasteiger partial charge < -0.3 is 15.5 Å². The molecular weight excluding hydrogens is 292 g/mol. The number of carboxylic acid groups (broad SMARTS) is 1. The van der Waals surface area contributed by atoms with Gasteiger partial charge in [-0.1, -0.05) is 12.1 Å². The maximum atomic E-state index is 12.0. The molecule has 0 fully saturated rings. The quantitative estimate of drug-likeness (QED) is 0.779. The first-order valence-electron chi connectivity index (χ1n) is 6.19. The van der Waals surface area contributed by atoms with E-state index < -0.39 is 17.9 Å². The molecule has 3 N–H and O–H groups in total. The van der Waals surface area contributed by atoms with Gasteiger partial charge in [-0.3, -0.25) is 4.79 Å². The molecule has 1 aromatic heterocycles. The molecule has 0 aliphatic carbocycles. The van der Waals surface area contributed by atoms with Crippen LogP contribution in [0.4, 0.5) is 0 Å².